The summed E-state index contributed by atoms with van der Waals surface area (Å²) in [5.74, 6) is 2.22. The highest BCUT2D eigenvalue weighted by Gasteiger charge is 2.44. The van der Waals surface area contributed by atoms with Gasteiger partial charge in [0.05, 0.1) is 18.6 Å². The fourth-order valence-corrected chi connectivity index (χ4v) is 8.17. The van der Waals surface area contributed by atoms with E-state index in [-0.39, 0.29) is 11.7 Å². The minimum Gasteiger partial charge on any atom is -0.299 e. The molecule has 2 aromatic rings. The van der Waals surface area contributed by atoms with Crippen molar-refractivity contribution in [2.24, 2.45) is 17.8 Å². The minimum absolute atomic E-state index is 0.0123. The number of Topliss-reactive ketones (excluding diaryl/α,β-unsaturated/α-hetero) is 2. The zero-order chi connectivity index (χ0) is 28.5. The van der Waals surface area contributed by atoms with Crippen LogP contribution in [0.1, 0.15) is 124 Å². The number of benzene rings is 2. The van der Waals surface area contributed by atoms with E-state index in [0.29, 0.717) is 43.2 Å². The second-order valence-electron chi connectivity index (χ2n) is 12.9. The van der Waals surface area contributed by atoms with Crippen LogP contribution in [0.2, 0.25) is 0 Å². The summed E-state index contributed by atoms with van der Waals surface area (Å²) >= 11 is 1.12. The van der Waals surface area contributed by atoms with Gasteiger partial charge in [-0.05, 0) is 80.2 Å². The first-order valence-electron chi connectivity index (χ1n) is 16.2. The average Bonchev–Trinajstić information content (AvgIpc) is 3.04. The summed E-state index contributed by atoms with van der Waals surface area (Å²) < 4.78 is 10.9. The molecule has 0 bridgehead atoms. The monoisotopic (exact) mass is 576 g/mol. The van der Waals surface area contributed by atoms with Crippen LogP contribution >= 0.6 is 12.3 Å². The second-order valence-corrected chi connectivity index (χ2v) is 13.5. The van der Waals surface area contributed by atoms with Gasteiger partial charge in [0.15, 0.2) is 18.1 Å². The standard InChI is InChI=1S/C36H48O4S/c1-27(28-10-4-2-5-11-28)26-34(37)36(33-14-6-3-7-15-33)22-20-32(21-23-36)35(38)31-18-16-30(17-19-31)29-12-8-24-39-41-40-25-9-13-29/h3,6-7,14-19,27-29,32H,2,4-5,8-13,20-26H2,1H3/t27-,32?,36?/m1/s1. The summed E-state index contributed by atoms with van der Waals surface area (Å²) in [5, 5.41) is 0. The third kappa shape index (κ3) is 7.72. The number of hydrogen-bond acceptors (Lipinski definition) is 5. The molecule has 4 nitrogen and oxygen atoms in total. The van der Waals surface area contributed by atoms with Gasteiger partial charge in [0.25, 0.3) is 0 Å². The lowest BCUT2D eigenvalue weighted by Crippen LogP contribution is -2.42. The van der Waals surface area contributed by atoms with E-state index < -0.39 is 5.41 Å². The summed E-state index contributed by atoms with van der Waals surface area (Å²) in [7, 11) is 0. The van der Waals surface area contributed by atoms with Crippen LogP contribution in [0.15, 0.2) is 54.6 Å². The molecule has 0 amide bonds. The Morgan fingerprint density at radius 2 is 1.44 bits per heavy atom. The molecule has 3 fully saturated rings. The maximum Gasteiger partial charge on any atom is 0.165 e. The van der Waals surface area contributed by atoms with Crippen LogP contribution in [0.4, 0.5) is 0 Å². The van der Waals surface area contributed by atoms with Crippen LogP contribution in [0.3, 0.4) is 0 Å². The van der Waals surface area contributed by atoms with Crippen LogP contribution in [0.5, 0.6) is 0 Å². The number of carbonyl (C=O) groups excluding carboxylic acids is 2. The molecule has 1 saturated heterocycles. The van der Waals surface area contributed by atoms with E-state index in [4.69, 9.17) is 8.37 Å². The van der Waals surface area contributed by atoms with Crippen LogP contribution < -0.4 is 0 Å². The van der Waals surface area contributed by atoms with E-state index in [1.807, 2.05) is 18.2 Å². The summed E-state index contributed by atoms with van der Waals surface area (Å²) in [6.07, 6.45) is 14.4. The predicted octanol–water partition coefficient (Wildman–Crippen LogP) is 9.43. The highest BCUT2D eigenvalue weighted by molar-refractivity contribution is 7.89. The van der Waals surface area contributed by atoms with Gasteiger partial charge in [0.1, 0.15) is 5.78 Å². The molecule has 1 aliphatic heterocycles. The first-order valence-corrected chi connectivity index (χ1v) is 16.9. The van der Waals surface area contributed by atoms with E-state index in [0.717, 1.165) is 74.8 Å². The molecule has 1 atom stereocenters. The van der Waals surface area contributed by atoms with Gasteiger partial charge in [-0.1, -0.05) is 93.6 Å². The molecule has 0 spiro atoms. The van der Waals surface area contributed by atoms with Crippen molar-refractivity contribution in [3.05, 3.63) is 71.3 Å². The van der Waals surface area contributed by atoms with Crippen molar-refractivity contribution in [2.45, 2.75) is 108 Å². The van der Waals surface area contributed by atoms with Crippen molar-refractivity contribution in [2.75, 3.05) is 13.2 Å². The number of rotatable bonds is 8. The van der Waals surface area contributed by atoms with Crippen molar-refractivity contribution < 1.29 is 18.0 Å². The molecule has 0 aromatic heterocycles. The molecule has 2 aliphatic carbocycles. The van der Waals surface area contributed by atoms with Crippen molar-refractivity contribution in [1.82, 2.24) is 0 Å². The van der Waals surface area contributed by atoms with Gasteiger partial charge in [0, 0.05) is 17.9 Å². The van der Waals surface area contributed by atoms with Crippen LogP contribution in [0.25, 0.3) is 0 Å². The van der Waals surface area contributed by atoms with Crippen molar-refractivity contribution >= 4 is 23.9 Å². The van der Waals surface area contributed by atoms with Crippen LogP contribution in [-0.4, -0.2) is 24.8 Å². The highest BCUT2D eigenvalue weighted by atomic mass is 32.2. The average molecular weight is 577 g/mol. The summed E-state index contributed by atoms with van der Waals surface area (Å²) in [5.41, 5.74) is 2.81. The van der Waals surface area contributed by atoms with Gasteiger partial charge in [-0.25, -0.2) is 0 Å². The lowest BCUT2D eigenvalue weighted by Gasteiger charge is -2.40. The zero-order valence-corrected chi connectivity index (χ0v) is 25.7. The van der Waals surface area contributed by atoms with Crippen LogP contribution in [0, 0.1) is 17.8 Å². The second kappa shape index (κ2) is 15.0. The van der Waals surface area contributed by atoms with Gasteiger partial charge >= 0.3 is 0 Å². The number of hydrogen-bond donors (Lipinski definition) is 0. The first kappa shape index (κ1) is 30.5. The third-order valence-corrected chi connectivity index (χ3v) is 10.9. The lowest BCUT2D eigenvalue weighted by molar-refractivity contribution is -0.127. The Hall–Kier alpha value is -1.95. The molecule has 0 unspecified atom stereocenters. The Bertz CT molecular complexity index is 1090. The maximum atomic E-state index is 14.1. The van der Waals surface area contributed by atoms with E-state index in [1.54, 1.807) is 0 Å². The van der Waals surface area contributed by atoms with Gasteiger partial charge in [0.2, 0.25) is 0 Å². The minimum atomic E-state index is -0.452. The van der Waals surface area contributed by atoms with Gasteiger partial charge in [-0.2, -0.15) is 0 Å². The van der Waals surface area contributed by atoms with E-state index in [1.165, 1.54) is 37.7 Å². The molecule has 2 aromatic carbocycles. The lowest BCUT2D eigenvalue weighted by atomic mass is 9.61. The molecular weight excluding hydrogens is 528 g/mol. The quantitative estimate of drug-likeness (QED) is 0.231. The predicted molar refractivity (Wildman–Crippen MR) is 167 cm³/mol. The largest absolute Gasteiger partial charge is 0.299 e. The number of carbonyl (C=O) groups is 2. The molecule has 41 heavy (non-hydrogen) atoms. The van der Waals surface area contributed by atoms with Gasteiger partial charge in [-0.15, -0.1) is 0 Å². The van der Waals surface area contributed by atoms with E-state index in [9.17, 15) is 9.59 Å². The highest BCUT2D eigenvalue weighted by Crippen LogP contribution is 2.45. The molecule has 0 N–H and O–H groups in total. The van der Waals surface area contributed by atoms with Crippen LogP contribution in [-0.2, 0) is 18.6 Å². The number of ketones is 2. The summed E-state index contributed by atoms with van der Waals surface area (Å²) in [6, 6.07) is 18.8. The van der Waals surface area contributed by atoms with Gasteiger partial charge in [-0.3, -0.25) is 18.0 Å². The Labute approximate surface area is 251 Å². The third-order valence-electron chi connectivity index (χ3n) is 10.4. The normalized spacial score (nSPS) is 26.2. The Morgan fingerprint density at radius 1 is 0.805 bits per heavy atom. The van der Waals surface area contributed by atoms with Crippen molar-refractivity contribution in [1.29, 1.82) is 0 Å². The Balaban J connectivity index is 1.24. The maximum absolute atomic E-state index is 14.1. The van der Waals surface area contributed by atoms with Crippen molar-refractivity contribution in [3.8, 4) is 0 Å². The first-order chi connectivity index (χ1) is 20.1. The molecule has 3 aliphatic rings. The van der Waals surface area contributed by atoms with E-state index in [2.05, 4.69) is 43.3 Å². The van der Waals surface area contributed by atoms with Gasteiger partial charge < -0.3 is 0 Å². The fourth-order valence-electron chi connectivity index (χ4n) is 7.73. The molecule has 1 heterocycles. The molecule has 5 rings (SSSR count). The topological polar surface area (TPSA) is 52.6 Å². The Morgan fingerprint density at radius 3 is 2.07 bits per heavy atom. The molecule has 2 saturated carbocycles. The van der Waals surface area contributed by atoms with E-state index >= 15 is 0 Å². The molecule has 0 radical (unpaired) electrons. The molecule has 222 valence electrons. The summed E-state index contributed by atoms with van der Waals surface area (Å²) in [6.45, 7) is 3.70. The smallest absolute Gasteiger partial charge is 0.165 e. The molecular formula is C36H48O4S. The summed E-state index contributed by atoms with van der Waals surface area (Å²) in [4.78, 5) is 27.7. The fraction of sp³-hybridized carbons (Fsp3) is 0.611. The molecule has 5 heteroatoms. The van der Waals surface area contributed by atoms with Crippen molar-refractivity contribution in [3.63, 3.8) is 0 Å². The SMILES string of the molecule is C[C@H](CC(=O)C1(c2ccccc2)CCC(C(=O)c2ccc(C3CCCOSOCCC3)cc2)CC1)C1CCCCC1. The Kier molecular flexibility index (Phi) is 11.1. The zero-order valence-electron chi connectivity index (χ0n) is 24.9.